The first-order valence-electron chi connectivity index (χ1n) is 10.6. The van der Waals surface area contributed by atoms with Gasteiger partial charge >= 0.3 is 0 Å². The monoisotopic (exact) mass is 445 g/mol. The number of para-hydroxylation sites is 1. The van der Waals surface area contributed by atoms with Crippen LogP contribution in [0.1, 0.15) is 10.4 Å². The number of carbonyl (C=O) groups is 1. The number of piperazine rings is 1. The zero-order chi connectivity index (χ0) is 22.8. The molecule has 0 N–H and O–H groups in total. The van der Waals surface area contributed by atoms with E-state index in [0.29, 0.717) is 54.5 Å². The zero-order valence-electron chi connectivity index (χ0n) is 18.4. The van der Waals surface area contributed by atoms with E-state index >= 15 is 0 Å². The average molecular weight is 445 g/mol. The lowest BCUT2D eigenvalue weighted by atomic mass is 10.1. The van der Waals surface area contributed by atoms with Gasteiger partial charge in [-0.05, 0) is 24.3 Å². The van der Waals surface area contributed by atoms with E-state index in [2.05, 4.69) is 25.2 Å². The quantitative estimate of drug-likeness (QED) is 0.461. The fourth-order valence-corrected chi connectivity index (χ4v) is 4.00. The smallest absolute Gasteiger partial charge is 0.257 e. The van der Waals surface area contributed by atoms with Gasteiger partial charge in [-0.3, -0.25) is 4.79 Å². The molecule has 1 aliphatic heterocycles. The van der Waals surface area contributed by atoms with Crippen LogP contribution in [0.5, 0.6) is 11.5 Å². The second kappa shape index (κ2) is 8.73. The van der Waals surface area contributed by atoms with Crippen LogP contribution < -0.4 is 14.4 Å². The molecule has 0 unspecified atom stereocenters. The Bertz CT molecular complexity index is 1300. The molecule has 0 radical (unpaired) electrons. The maximum absolute atomic E-state index is 13.0. The summed E-state index contributed by atoms with van der Waals surface area (Å²) in [6.45, 7) is 2.37. The third-order valence-corrected chi connectivity index (χ3v) is 5.72. The van der Waals surface area contributed by atoms with E-state index in [9.17, 15) is 4.79 Å². The highest BCUT2D eigenvalue weighted by molar-refractivity contribution is 5.97. The van der Waals surface area contributed by atoms with Gasteiger partial charge in [0.15, 0.2) is 17.0 Å². The van der Waals surface area contributed by atoms with Gasteiger partial charge < -0.3 is 19.3 Å². The number of benzene rings is 2. The number of methoxy groups -OCH3 is 2. The van der Waals surface area contributed by atoms with Crippen LogP contribution in [0.25, 0.3) is 16.9 Å². The summed E-state index contributed by atoms with van der Waals surface area (Å²) in [4.78, 5) is 25.8. The van der Waals surface area contributed by atoms with Crippen molar-refractivity contribution in [2.75, 3.05) is 45.3 Å². The predicted molar refractivity (Wildman–Crippen MR) is 122 cm³/mol. The Morgan fingerprint density at radius 2 is 1.76 bits per heavy atom. The molecule has 1 fully saturated rings. The molecule has 1 aliphatic rings. The summed E-state index contributed by atoms with van der Waals surface area (Å²) in [7, 11) is 3.19. The van der Waals surface area contributed by atoms with E-state index in [1.807, 2.05) is 41.3 Å². The number of carbonyl (C=O) groups excluding carboxylic acids is 1. The average Bonchev–Trinajstić information content (AvgIpc) is 3.33. The van der Waals surface area contributed by atoms with Crippen molar-refractivity contribution in [3.8, 4) is 17.2 Å². The van der Waals surface area contributed by atoms with Crippen molar-refractivity contribution in [1.82, 2.24) is 29.9 Å². The lowest BCUT2D eigenvalue weighted by molar-refractivity contribution is 0.0743. The van der Waals surface area contributed by atoms with Gasteiger partial charge in [0.25, 0.3) is 5.91 Å². The molecular formula is C23H23N7O3. The van der Waals surface area contributed by atoms with Crippen molar-refractivity contribution in [3.63, 3.8) is 0 Å². The molecule has 33 heavy (non-hydrogen) atoms. The minimum atomic E-state index is -0.0381. The number of fused-ring (bicyclic) bond motifs is 1. The van der Waals surface area contributed by atoms with Gasteiger partial charge in [0.2, 0.25) is 0 Å². The highest BCUT2D eigenvalue weighted by atomic mass is 16.5. The molecule has 3 heterocycles. The molecule has 168 valence electrons. The van der Waals surface area contributed by atoms with Gasteiger partial charge in [0, 0.05) is 32.2 Å². The van der Waals surface area contributed by atoms with Crippen LogP contribution in [0.2, 0.25) is 0 Å². The van der Waals surface area contributed by atoms with Crippen molar-refractivity contribution in [2.45, 2.75) is 0 Å². The lowest BCUT2D eigenvalue weighted by Gasteiger charge is -2.35. The Morgan fingerprint density at radius 1 is 0.939 bits per heavy atom. The van der Waals surface area contributed by atoms with Crippen molar-refractivity contribution in [2.24, 2.45) is 0 Å². The number of hydrogen-bond acceptors (Lipinski definition) is 8. The standard InChI is InChI=1S/C23H23N7O3/c1-32-17-7-5-6-16(14-17)30-22-20(26-27-30)21(24-15-25-22)28-10-12-29(13-11-28)23(31)18-8-3-4-9-19(18)33-2/h3-9,14-15H,10-13H2,1-2H3. The fraction of sp³-hybridized carbons (Fsp3) is 0.261. The van der Waals surface area contributed by atoms with E-state index < -0.39 is 0 Å². The molecule has 0 spiro atoms. The minimum Gasteiger partial charge on any atom is -0.497 e. The van der Waals surface area contributed by atoms with Gasteiger partial charge in [-0.25, -0.2) is 9.97 Å². The van der Waals surface area contributed by atoms with Crippen molar-refractivity contribution in [1.29, 1.82) is 0 Å². The van der Waals surface area contributed by atoms with E-state index in [-0.39, 0.29) is 5.91 Å². The van der Waals surface area contributed by atoms with Crippen LogP contribution in [0.15, 0.2) is 54.9 Å². The van der Waals surface area contributed by atoms with Gasteiger partial charge in [-0.2, -0.15) is 4.68 Å². The predicted octanol–water partition coefficient (Wildman–Crippen LogP) is 2.19. The van der Waals surface area contributed by atoms with Crippen molar-refractivity contribution >= 4 is 22.9 Å². The first kappa shape index (κ1) is 20.7. The summed E-state index contributed by atoms with van der Waals surface area (Å²) in [6, 6.07) is 14.8. The Kier molecular flexibility index (Phi) is 5.47. The van der Waals surface area contributed by atoms with Crippen molar-refractivity contribution in [3.05, 3.63) is 60.4 Å². The normalized spacial score (nSPS) is 13.9. The highest BCUT2D eigenvalue weighted by Crippen LogP contribution is 2.26. The van der Waals surface area contributed by atoms with Crippen LogP contribution >= 0.6 is 0 Å². The number of aromatic nitrogens is 5. The number of amides is 1. The number of nitrogens with zero attached hydrogens (tertiary/aromatic N) is 7. The molecule has 2 aromatic carbocycles. The second-order valence-corrected chi connectivity index (χ2v) is 7.55. The molecule has 0 saturated carbocycles. The lowest BCUT2D eigenvalue weighted by Crippen LogP contribution is -2.49. The Morgan fingerprint density at radius 3 is 2.55 bits per heavy atom. The molecule has 2 aromatic heterocycles. The van der Waals surface area contributed by atoms with E-state index in [1.54, 1.807) is 31.0 Å². The van der Waals surface area contributed by atoms with Gasteiger partial charge in [0.05, 0.1) is 25.5 Å². The Hall–Kier alpha value is -4.21. The zero-order valence-corrected chi connectivity index (χ0v) is 18.4. The molecule has 10 heteroatoms. The van der Waals surface area contributed by atoms with Crippen LogP contribution in [0.3, 0.4) is 0 Å². The molecule has 4 aromatic rings. The number of rotatable bonds is 5. The van der Waals surface area contributed by atoms with Crippen LogP contribution in [-0.4, -0.2) is 76.2 Å². The summed E-state index contributed by atoms with van der Waals surface area (Å²) in [6.07, 6.45) is 1.52. The maximum atomic E-state index is 13.0. The summed E-state index contributed by atoms with van der Waals surface area (Å²) in [5, 5.41) is 8.66. The van der Waals surface area contributed by atoms with Gasteiger partial charge in [-0.15, -0.1) is 5.10 Å². The summed E-state index contributed by atoms with van der Waals surface area (Å²) >= 11 is 0. The van der Waals surface area contributed by atoms with Crippen molar-refractivity contribution < 1.29 is 14.3 Å². The van der Waals surface area contributed by atoms with Crippen LogP contribution in [0, 0.1) is 0 Å². The number of hydrogen-bond donors (Lipinski definition) is 0. The molecule has 0 atom stereocenters. The first-order chi connectivity index (χ1) is 16.2. The van der Waals surface area contributed by atoms with Gasteiger partial charge in [-0.1, -0.05) is 23.4 Å². The maximum Gasteiger partial charge on any atom is 0.257 e. The first-order valence-corrected chi connectivity index (χ1v) is 10.6. The minimum absolute atomic E-state index is 0.0381. The molecule has 10 nitrogen and oxygen atoms in total. The Labute approximate surface area is 190 Å². The Balaban J connectivity index is 1.37. The fourth-order valence-electron chi connectivity index (χ4n) is 4.00. The molecule has 0 aliphatic carbocycles. The molecule has 5 rings (SSSR count). The molecule has 0 bridgehead atoms. The third-order valence-electron chi connectivity index (χ3n) is 5.72. The molecule has 1 saturated heterocycles. The SMILES string of the molecule is COc1cccc(-n2nnc3c(N4CCN(C(=O)c5ccccc5OC)CC4)ncnc32)c1. The highest BCUT2D eigenvalue weighted by Gasteiger charge is 2.26. The third kappa shape index (κ3) is 3.79. The molecular weight excluding hydrogens is 422 g/mol. The number of anilines is 1. The van der Waals surface area contributed by atoms with Crippen LogP contribution in [0.4, 0.5) is 5.82 Å². The number of ether oxygens (including phenoxy) is 2. The summed E-state index contributed by atoms with van der Waals surface area (Å²) < 4.78 is 12.3. The summed E-state index contributed by atoms with van der Waals surface area (Å²) in [5.41, 5.74) is 2.60. The van der Waals surface area contributed by atoms with Crippen LogP contribution in [-0.2, 0) is 0 Å². The van der Waals surface area contributed by atoms with E-state index in [0.717, 1.165) is 11.4 Å². The van der Waals surface area contributed by atoms with E-state index in [4.69, 9.17) is 9.47 Å². The second-order valence-electron chi connectivity index (χ2n) is 7.55. The summed E-state index contributed by atoms with van der Waals surface area (Å²) in [5.74, 6) is 1.97. The topological polar surface area (TPSA) is 98.5 Å². The van der Waals surface area contributed by atoms with Gasteiger partial charge in [0.1, 0.15) is 17.8 Å². The molecule has 1 amide bonds. The largest absolute Gasteiger partial charge is 0.497 e. The van der Waals surface area contributed by atoms with E-state index in [1.165, 1.54) is 6.33 Å².